The number of amides is 2. The van der Waals surface area contributed by atoms with Crippen LogP contribution in [0.5, 0.6) is 0 Å². The fraction of sp³-hybridized carbons (Fsp3) is 0.207. The van der Waals surface area contributed by atoms with Gasteiger partial charge in [-0.2, -0.15) is 4.98 Å². The van der Waals surface area contributed by atoms with Crippen molar-refractivity contribution in [3.05, 3.63) is 106 Å². The molecule has 1 aromatic heterocycles. The fourth-order valence-corrected chi connectivity index (χ4v) is 4.44. The van der Waals surface area contributed by atoms with E-state index in [0.717, 1.165) is 44.8 Å². The molecule has 5 rings (SSSR count). The molecule has 1 aliphatic rings. The zero-order chi connectivity index (χ0) is 24.7. The number of aryl methyl sites for hydroxylation is 4. The molecule has 1 N–H and O–H groups in total. The summed E-state index contributed by atoms with van der Waals surface area (Å²) in [6.07, 6.45) is 0. The molecule has 0 saturated carbocycles. The second kappa shape index (κ2) is 8.87. The van der Waals surface area contributed by atoms with E-state index in [1.165, 1.54) is 5.56 Å². The highest BCUT2D eigenvalue weighted by atomic mass is 16.5. The lowest BCUT2D eigenvalue weighted by atomic mass is 9.92. The van der Waals surface area contributed by atoms with Crippen molar-refractivity contribution >= 4 is 17.3 Å². The molecule has 1 atom stereocenters. The van der Waals surface area contributed by atoms with E-state index in [4.69, 9.17) is 9.51 Å². The highest BCUT2D eigenvalue weighted by molar-refractivity contribution is 6.01. The Morgan fingerprint density at radius 1 is 0.857 bits per heavy atom. The van der Waals surface area contributed by atoms with Gasteiger partial charge in [0.15, 0.2) is 0 Å². The highest BCUT2D eigenvalue weighted by Gasteiger charge is 2.36. The number of nitrogens with one attached hydrogen (secondary N) is 1. The van der Waals surface area contributed by atoms with Gasteiger partial charge in [0.1, 0.15) is 0 Å². The zero-order valence-corrected chi connectivity index (χ0v) is 20.6. The Hall–Kier alpha value is -4.19. The van der Waals surface area contributed by atoms with Gasteiger partial charge in [-0.3, -0.25) is 4.90 Å². The third kappa shape index (κ3) is 4.23. The van der Waals surface area contributed by atoms with E-state index in [2.05, 4.69) is 36.5 Å². The van der Waals surface area contributed by atoms with Crippen LogP contribution in [0.15, 0.2) is 77.0 Å². The molecule has 3 aromatic carbocycles. The standard InChI is InChI=1S/C29H28N4O2/c1-17-9-12-22(13-10-17)27-31-28(35-32-27)25-21(5)33(24-8-6-7-18(2)15-24)29(34)30-26(25)23-14-11-19(3)20(4)16-23/h6-16,26H,1-5H3,(H,30,34). The SMILES string of the molecule is CC1=C(c2nc(-c3ccc(C)cc3)no2)C(c2ccc(C)c(C)c2)NC(=O)N1c1cccc(C)c1. The molecule has 0 saturated heterocycles. The summed E-state index contributed by atoms with van der Waals surface area (Å²) in [5.41, 5.74) is 8.74. The summed E-state index contributed by atoms with van der Waals surface area (Å²) < 4.78 is 5.81. The first-order valence-electron chi connectivity index (χ1n) is 11.7. The fourth-order valence-electron chi connectivity index (χ4n) is 4.44. The summed E-state index contributed by atoms with van der Waals surface area (Å²) in [6.45, 7) is 10.1. The molecule has 0 fully saturated rings. The van der Waals surface area contributed by atoms with Gasteiger partial charge in [0.05, 0.1) is 17.3 Å². The van der Waals surface area contributed by atoms with Crippen LogP contribution < -0.4 is 10.2 Å². The van der Waals surface area contributed by atoms with Gasteiger partial charge in [-0.05, 0) is 69.0 Å². The first-order chi connectivity index (χ1) is 16.8. The molecular weight excluding hydrogens is 436 g/mol. The van der Waals surface area contributed by atoms with Crippen LogP contribution in [0.2, 0.25) is 0 Å². The second-order valence-electron chi connectivity index (χ2n) is 9.19. The van der Waals surface area contributed by atoms with Gasteiger partial charge < -0.3 is 9.84 Å². The number of urea groups is 1. The van der Waals surface area contributed by atoms with Crippen molar-refractivity contribution in [2.24, 2.45) is 0 Å². The number of benzene rings is 3. The lowest BCUT2D eigenvalue weighted by Gasteiger charge is -2.35. The zero-order valence-electron chi connectivity index (χ0n) is 20.6. The third-order valence-electron chi connectivity index (χ3n) is 6.58. The van der Waals surface area contributed by atoms with Crippen molar-refractivity contribution in [2.75, 3.05) is 4.90 Å². The topological polar surface area (TPSA) is 71.3 Å². The van der Waals surface area contributed by atoms with Gasteiger partial charge in [0.2, 0.25) is 5.82 Å². The summed E-state index contributed by atoms with van der Waals surface area (Å²) >= 11 is 0. The van der Waals surface area contributed by atoms with Gasteiger partial charge in [-0.1, -0.05) is 65.3 Å². The maximum absolute atomic E-state index is 13.4. The Bertz CT molecular complexity index is 1450. The Kier molecular flexibility index (Phi) is 5.73. The number of hydrogen-bond acceptors (Lipinski definition) is 4. The monoisotopic (exact) mass is 464 g/mol. The summed E-state index contributed by atoms with van der Waals surface area (Å²) in [4.78, 5) is 19.8. The first-order valence-corrected chi connectivity index (χ1v) is 11.7. The van der Waals surface area contributed by atoms with Crippen molar-refractivity contribution in [3.63, 3.8) is 0 Å². The lowest BCUT2D eigenvalue weighted by Crippen LogP contribution is -2.46. The van der Waals surface area contributed by atoms with Crippen molar-refractivity contribution in [1.82, 2.24) is 15.5 Å². The van der Waals surface area contributed by atoms with Crippen LogP contribution in [-0.4, -0.2) is 16.2 Å². The Morgan fingerprint density at radius 2 is 1.63 bits per heavy atom. The maximum Gasteiger partial charge on any atom is 0.326 e. The minimum absolute atomic E-state index is 0.196. The molecule has 2 heterocycles. The smallest absolute Gasteiger partial charge is 0.326 e. The van der Waals surface area contributed by atoms with Crippen molar-refractivity contribution < 1.29 is 9.32 Å². The van der Waals surface area contributed by atoms with Crippen LogP contribution in [-0.2, 0) is 0 Å². The summed E-state index contributed by atoms with van der Waals surface area (Å²) in [5, 5.41) is 7.45. The molecule has 2 amide bonds. The second-order valence-corrected chi connectivity index (χ2v) is 9.19. The number of carbonyl (C=O) groups excluding carboxylic acids is 1. The highest BCUT2D eigenvalue weighted by Crippen LogP contribution is 2.39. The van der Waals surface area contributed by atoms with E-state index in [9.17, 15) is 4.79 Å². The van der Waals surface area contributed by atoms with Crippen LogP contribution in [0.1, 0.15) is 46.7 Å². The van der Waals surface area contributed by atoms with Gasteiger partial charge in [0, 0.05) is 11.3 Å². The number of anilines is 1. The number of allylic oxidation sites excluding steroid dienone is 1. The molecule has 6 heteroatoms. The molecule has 35 heavy (non-hydrogen) atoms. The minimum atomic E-state index is -0.422. The largest absolute Gasteiger partial charge is 0.334 e. The van der Waals surface area contributed by atoms with Gasteiger partial charge >= 0.3 is 6.03 Å². The summed E-state index contributed by atoms with van der Waals surface area (Å²) in [6, 6.07) is 21.5. The number of aromatic nitrogens is 2. The van der Waals surface area contributed by atoms with E-state index >= 15 is 0 Å². The molecule has 0 spiro atoms. The lowest BCUT2D eigenvalue weighted by molar-refractivity contribution is 0.244. The minimum Gasteiger partial charge on any atom is -0.334 e. The van der Waals surface area contributed by atoms with E-state index in [1.54, 1.807) is 4.90 Å². The van der Waals surface area contributed by atoms with Crippen LogP contribution in [0, 0.1) is 27.7 Å². The predicted molar refractivity (Wildman–Crippen MR) is 138 cm³/mol. The van der Waals surface area contributed by atoms with Gasteiger partial charge in [-0.15, -0.1) is 0 Å². The van der Waals surface area contributed by atoms with E-state index in [0.29, 0.717) is 11.7 Å². The number of hydrogen-bond donors (Lipinski definition) is 1. The van der Waals surface area contributed by atoms with Crippen LogP contribution >= 0.6 is 0 Å². The molecule has 0 radical (unpaired) electrons. The summed E-state index contributed by atoms with van der Waals surface area (Å²) in [5.74, 6) is 0.900. The van der Waals surface area contributed by atoms with Crippen LogP contribution in [0.4, 0.5) is 10.5 Å². The molecule has 1 aliphatic heterocycles. The number of carbonyl (C=O) groups is 1. The predicted octanol–water partition coefficient (Wildman–Crippen LogP) is 6.67. The molecule has 0 bridgehead atoms. The number of nitrogens with zero attached hydrogens (tertiary/aromatic N) is 3. The van der Waals surface area contributed by atoms with Crippen LogP contribution in [0.3, 0.4) is 0 Å². The first kappa shape index (κ1) is 22.6. The average molecular weight is 465 g/mol. The molecule has 6 nitrogen and oxygen atoms in total. The average Bonchev–Trinajstić information content (AvgIpc) is 3.31. The van der Waals surface area contributed by atoms with E-state index in [1.807, 2.05) is 75.4 Å². The molecule has 4 aromatic rings. The molecule has 0 aliphatic carbocycles. The molecular formula is C29H28N4O2. The van der Waals surface area contributed by atoms with Crippen molar-refractivity contribution in [1.29, 1.82) is 0 Å². The molecule has 1 unspecified atom stereocenters. The Labute approximate surface area is 205 Å². The van der Waals surface area contributed by atoms with Crippen LogP contribution in [0.25, 0.3) is 17.0 Å². The quantitative estimate of drug-likeness (QED) is 0.366. The van der Waals surface area contributed by atoms with Crippen molar-refractivity contribution in [2.45, 2.75) is 40.7 Å². The van der Waals surface area contributed by atoms with Gasteiger partial charge in [0.25, 0.3) is 5.89 Å². The van der Waals surface area contributed by atoms with E-state index in [-0.39, 0.29) is 6.03 Å². The Balaban J connectivity index is 1.67. The normalized spacial score (nSPS) is 16.0. The maximum atomic E-state index is 13.4. The summed E-state index contributed by atoms with van der Waals surface area (Å²) in [7, 11) is 0. The van der Waals surface area contributed by atoms with E-state index < -0.39 is 6.04 Å². The third-order valence-corrected chi connectivity index (χ3v) is 6.58. The Morgan fingerprint density at radius 3 is 2.34 bits per heavy atom. The molecule has 176 valence electrons. The number of rotatable bonds is 4. The van der Waals surface area contributed by atoms with Gasteiger partial charge in [-0.25, -0.2) is 4.79 Å². The van der Waals surface area contributed by atoms with Crippen molar-refractivity contribution in [3.8, 4) is 11.4 Å².